The molecule has 0 rings (SSSR count). The van der Waals surface area contributed by atoms with Gasteiger partial charge in [0.05, 0.1) is 26.4 Å². The molecule has 0 aromatic heterocycles. The zero-order valence-corrected chi connectivity index (χ0v) is 61.1. The molecule has 19 heteroatoms. The minimum Gasteiger partial charge on any atom is -0.462 e. The van der Waals surface area contributed by atoms with Crippen LogP contribution in [0.25, 0.3) is 0 Å². The highest BCUT2D eigenvalue weighted by atomic mass is 31.2. The zero-order valence-electron chi connectivity index (χ0n) is 59.3. The van der Waals surface area contributed by atoms with Crippen molar-refractivity contribution < 1.29 is 80.2 Å². The highest BCUT2D eigenvalue weighted by Gasteiger charge is 2.30. The number of unbranched alkanes of at least 4 members (excludes halogenated alkanes) is 38. The number of phosphoric ester groups is 2. The maximum Gasteiger partial charge on any atom is 0.472 e. The Morgan fingerprint density at radius 1 is 0.297 bits per heavy atom. The first-order chi connectivity index (χ1) is 43.7. The van der Waals surface area contributed by atoms with E-state index in [2.05, 4.69) is 48.5 Å². The Kier molecular flexibility index (Phi) is 61.5. The number of carbonyl (C=O) groups is 4. The third-order valence-corrected chi connectivity index (χ3v) is 18.5. The van der Waals surface area contributed by atoms with Crippen molar-refractivity contribution in [3.05, 3.63) is 0 Å². The normalized spacial score (nSPS) is 14.2. The van der Waals surface area contributed by atoms with Crippen LogP contribution in [0, 0.1) is 17.8 Å². The fourth-order valence-corrected chi connectivity index (χ4v) is 12.5. The van der Waals surface area contributed by atoms with Gasteiger partial charge in [-0.25, -0.2) is 9.13 Å². The number of hydrogen-bond donors (Lipinski definition) is 3. The maximum absolute atomic E-state index is 13.0. The van der Waals surface area contributed by atoms with Crippen LogP contribution in [0.5, 0.6) is 0 Å². The molecule has 2 unspecified atom stereocenters. The molecule has 3 N–H and O–H groups in total. The molecular weight excluding hydrogens is 1200 g/mol. The van der Waals surface area contributed by atoms with E-state index < -0.39 is 97.5 Å². The largest absolute Gasteiger partial charge is 0.472 e. The van der Waals surface area contributed by atoms with E-state index in [1.54, 1.807) is 0 Å². The summed E-state index contributed by atoms with van der Waals surface area (Å²) in [5.41, 5.74) is 0. The number of rotatable bonds is 70. The molecule has 5 atom stereocenters. The summed E-state index contributed by atoms with van der Waals surface area (Å²) in [6, 6.07) is 0. The molecule has 0 heterocycles. The smallest absolute Gasteiger partial charge is 0.462 e. The number of ether oxygens (including phenoxy) is 4. The van der Waals surface area contributed by atoms with Crippen molar-refractivity contribution >= 4 is 39.5 Å². The molecule has 0 aliphatic heterocycles. The second kappa shape index (κ2) is 62.8. The lowest BCUT2D eigenvalue weighted by Crippen LogP contribution is -2.30. The van der Waals surface area contributed by atoms with Crippen molar-refractivity contribution in [2.75, 3.05) is 39.6 Å². The molecule has 0 bridgehead atoms. The Bertz CT molecular complexity index is 1780. The van der Waals surface area contributed by atoms with E-state index in [9.17, 15) is 43.2 Å². The van der Waals surface area contributed by atoms with Gasteiger partial charge in [-0.2, -0.15) is 0 Å². The lowest BCUT2D eigenvalue weighted by Gasteiger charge is -2.21. The van der Waals surface area contributed by atoms with Crippen LogP contribution in [0.15, 0.2) is 0 Å². The monoisotopic (exact) mass is 1340 g/mol. The van der Waals surface area contributed by atoms with Gasteiger partial charge in [0.1, 0.15) is 19.3 Å². The zero-order chi connectivity index (χ0) is 67.3. The number of carbonyl (C=O) groups excluding carboxylic acids is 4. The molecular formula is C72H140O17P2. The van der Waals surface area contributed by atoms with Crippen molar-refractivity contribution in [2.24, 2.45) is 17.8 Å². The van der Waals surface area contributed by atoms with Crippen LogP contribution in [-0.2, 0) is 65.4 Å². The third-order valence-electron chi connectivity index (χ3n) is 16.6. The van der Waals surface area contributed by atoms with Crippen molar-refractivity contribution in [3.63, 3.8) is 0 Å². The standard InChI is InChI=1S/C72H140O17P2/c1-8-9-10-11-12-13-25-32-39-46-53-69(74)82-59-68(89-72(77)56-49-42-35-28-21-24-31-38-45-52-65(6)7)62-87-91(80,81)85-58-66(73)57-84-90(78,79)86-61-67(60-83-70(75)54-47-40-33-26-20-19-23-30-37-44-51-64(4)5)88-71(76)55-48-41-34-27-18-16-14-15-17-22-29-36-43-50-63(2)3/h63-68,73H,8-62H2,1-7H3,(H,78,79)(H,80,81)/t66-,67-,68-/m1/s1. The van der Waals surface area contributed by atoms with Crippen LogP contribution in [0.1, 0.15) is 363 Å². The number of hydrogen-bond acceptors (Lipinski definition) is 15. The van der Waals surface area contributed by atoms with E-state index in [4.69, 9.17) is 37.0 Å². The topological polar surface area (TPSA) is 237 Å². The summed E-state index contributed by atoms with van der Waals surface area (Å²) in [6.45, 7) is 11.8. The van der Waals surface area contributed by atoms with Gasteiger partial charge < -0.3 is 33.8 Å². The Labute approximate surface area is 556 Å². The minimum atomic E-state index is -4.95. The molecule has 17 nitrogen and oxygen atoms in total. The summed E-state index contributed by atoms with van der Waals surface area (Å²) in [4.78, 5) is 72.6. The van der Waals surface area contributed by atoms with Crippen LogP contribution in [0.3, 0.4) is 0 Å². The summed E-state index contributed by atoms with van der Waals surface area (Å²) in [5.74, 6) is 0.158. The quantitative estimate of drug-likeness (QED) is 0.0222. The summed E-state index contributed by atoms with van der Waals surface area (Å²) in [5, 5.41) is 10.6. The van der Waals surface area contributed by atoms with Gasteiger partial charge >= 0.3 is 39.5 Å². The molecule has 0 saturated carbocycles. The van der Waals surface area contributed by atoms with E-state index in [0.29, 0.717) is 25.7 Å². The molecule has 0 aromatic rings. The van der Waals surface area contributed by atoms with Gasteiger partial charge in [0.15, 0.2) is 12.2 Å². The Morgan fingerprint density at radius 2 is 0.505 bits per heavy atom. The van der Waals surface area contributed by atoms with Crippen molar-refractivity contribution in [1.82, 2.24) is 0 Å². The number of aliphatic hydroxyl groups is 1. The fourth-order valence-electron chi connectivity index (χ4n) is 10.9. The molecule has 0 radical (unpaired) electrons. The molecule has 0 amide bonds. The van der Waals surface area contributed by atoms with Gasteiger partial charge in [-0.1, -0.05) is 312 Å². The summed E-state index contributed by atoms with van der Waals surface area (Å²) >= 11 is 0. The maximum atomic E-state index is 13.0. The first-order valence-corrected chi connectivity index (χ1v) is 40.3. The van der Waals surface area contributed by atoms with Crippen molar-refractivity contribution in [1.29, 1.82) is 0 Å². The van der Waals surface area contributed by atoms with E-state index in [0.717, 1.165) is 108 Å². The molecule has 91 heavy (non-hydrogen) atoms. The predicted octanol–water partition coefficient (Wildman–Crippen LogP) is 20.6. The highest BCUT2D eigenvalue weighted by molar-refractivity contribution is 7.47. The Balaban J connectivity index is 5.25. The Morgan fingerprint density at radius 3 is 0.747 bits per heavy atom. The second-order valence-electron chi connectivity index (χ2n) is 27.4. The van der Waals surface area contributed by atoms with Crippen LogP contribution in [0.4, 0.5) is 0 Å². The lowest BCUT2D eigenvalue weighted by molar-refractivity contribution is -0.161. The molecule has 0 saturated heterocycles. The summed E-state index contributed by atoms with van der Waals surface area (Å²) in [6.07, 6.45) is 47.1. The molecule has 0 aromatic carbocycles. The van der Waals surface area contributed by atoms with Gasteiger partial charge in [0.25, 0.3) is 0 Å². The van der Waals surface area contributed by atoms with Gasteiger partial charge in [-0.15, -0.1) is 0 Å². The van der Waals surface area contributed by atoms with Gasteiger partial charge in [-0.3, -0.25) is 37.3 Å². The highest BCUT2D eigenvalue weighted by Crippen LogP contribution is 2.45. The van der Waals surface area contributed by atoms with E-state index >= 15 is 0 Å². The second-order valence-corrected chi connectivity index (χ2v) is 30.3. The summed E-state index contributed by atoms with van der Waals surface area (Å²) in [7, 11) is -9.90. The van der Waals surface area contributed by atoms with Gasteiger partial charge in [-0.05, 0) is 43.4 Å². The van der Waals surface area contributed by atoms with Crippen LogP contribution in [-0.4, -0.2) is 96.7 Å². The molecule has 0 aliphatic carbocycles. The average Bonchev–Trinajstić information content (AvgIpc) is 3.00. The first-order valence-electron chi connectivity index (χ1n) is 37.3. The predicted molar refractivity (Wildman–Crippen MR) is 368 cm³/mol. The van der Waals surface area contributed by atoms with Crippen LogP contribution in [0.2, 0.25) is 0 Å². The minimum absolute atomic E-state index is 0.105. The Hall–Kier alpha value is -1.94. The lowest BCUT2D eigenvalue weighted by atomic mass is 10.0. The molecule has 0 spiro atoms. The summed E-state index contributed by atoms with van der Waals surface area (Å²) < 4.78 is 68.4. The van der Waals surface area contributed by atoms with E-state index in [1.165, 1.54) is 173 Å². The van der Waals surface area contributed by atoms with Crippen molar-refractivity contribution in [2.45, 2.75) is 381 Å². The van der Waals surface area contributed by atoms with E-state index in [1.807, 2.05) is 0 Å². The number of phosphoric acid groups is 2. The van der Waals surface area contributed by atoms with Crippen LogP contribution >= 0.6 is 15.6 Å². The molecule has 0 fully saturated rings. The van der Waals surface area contributed by atoms with Crippen LogP contribution < -0.4 is 0 Å². The molecule has 0 aliphatic rings. The average molecular weight is 1340 g/mol. The number of esters is 4. The number of aliphatic hydroxyl groups excluding tert-OH is 1. The SMILES string of the molecule is CCCCCCCCCCCCC(=O)OC[C@H](COP(=O)(O)OC[C@H](O)COP(=O)(O)OC[C@@H](COC(=O)CCCCCCCCCCCCC(C)C)OC(=O)CCCCCCCCCCCCCCCC(C)C)OC(=O)CCCCCCCCCCCC(C)C. The third kappa shape index (κ3) is 66.5. The fraction of sp³-hybridized carbons (Fsp3) is 0.944. The van der Waals surface area contributed by atoms with Gasteiger partial charge in [0, 0.05) is 25.7 Å². The first kappa shape index (κ1) is 89.1. The van der Waals surface area contributed by atoms with Gasteiger partial charge in [0.2, 0.25) is 0 Å². The van der Waals surface area contributed by atoms with Crippen molar-refractivity contribution in [3.8, 4) is 0 Å². The van der Waals surface area contributed by atoms with E-state index in [-0.39, 0.29) is 25.7 Å². The molecule has 540 valence electrons.